The zero-order valence-corrected chi connectivity index (χ0v) is 34.3. The lowest BCUT2D eigenvalue weighted by Crippen LogP contribution is -2.29. The van der Waals surface area contributed by atoms with E-state index < -0.39 is 0 Å². The number of aliphatic hydroxyl groups is 1. The van der Waals surface area contributed by atoms with Crippen LogP contribution in [-0.4, -0.2) is 80.9 Å². The maximum atomic E-state index is 12.5. The number of unbranched alkanes of at least 4 members (excludes halogenated alkanes) is 16. The standard InChI is InChI=1S/C44H83NO7/c1-4-7-10-13-16-22-27-38-49-42(47)31-24-18-17-19-25-34-45(36-37-46)35-26-23-30-39-50-43(48)32-33-44(51-40-28-20-14-11-8-5-2)52-41-29-21-15-12-9-6-3/h8-9,11-12,44,46H,4-7,10,13-41H2,1-3H3/b11-8-,12-9-. The van der Waals surface area contributed by atoms with Crippen molar-refractivity contribution in [1.82, 2.24) is 4.90 Å². The molecule has 0 atom stereocenters. The first-order valence-electron chi connectivity index (χ1n) is 21.7. The number of ether oxygens (including phenoxy) is 4. The van der Waals surface area contributed by atoms with Crippen molar-refractivity contribution in [3.63, 3.8) is 0 Å². The Morgan fingerprint density at radius 2 is 0.981 bits per heavy atom. The molecule has 0 aliphatic rings. The van der Waals surface area contributed by atoms with Gasteiger partial charge in [0.2, 0.25) is 0 Å². The second-order valence-electron chi connectivity index (χ2n) is 14.2. The Morgan fingerprint density at radius 1 is 0.519 bits per heavy atom. The largest absolute Gasteiger partial charge is 0.466 e. The van der Waals surface area contributed by atoms with Gasteiger partial charge in [0.05, 0.1) is 26.2 Å². The Hall–Kier alpha value is -1.74. The summed E-state index contributed by atoms with van der Waals surface area (Å²) < 4.78 is 23.0. The Kier molecular flexibility index (Phi) is 40.6. The summed E-state index contributed by atoms with van der Waals surface area (Å²) in [4.78, 5) is 26.8. The maximum Gasteiger partial charge on any atom is 0.305 e. The molecule has 0 aliphatic heterocycles. The number of aliphatic hydroxyl groups excluding tert-OH is 1. The lowest BCUT2D eigenvalue weighted by atomic mass is 10.1. The quantitative estimate of drug-likeness (QED) is 0.0287. The molecule has 306 valence electrons. The van der Waals surface area contributed by atoms with Crippen LogP contribution >= 0.6 is 0 Å². The Bertz CT molecular complexity index is 794. The highest BCUT2D eigenvalue weighted by molar-refractivity contribution is 5.69. The van der Waals surface area contributed by atoms with Gasteiger partial charge in [-0.3, -0.25) is 9.59 Å². The van der Waals surface area contributed by atoms with E-state index in [1.807, 2.05) is 0 Å². The van der Waals surface area contributed by atoms with Crippen LogP contribution in [-0.2, 0) is 28.5 Å². The van der Waals surface area contributed by atoms with E-state index in [1.54, 1.807) is 0 Å². The van der Waals surface area contributed by atoms with Crippen LogP contribution in [0.5, 0.6) is 0 Å². The lowest BCUT2D eigenvalue weighted by Gasteiger charge is -2.21. The normalized spacial score (nSPS) is 11.9. The molecule has 0 aromatic carbocycles. The molecule has 0 saturated carbocycles. The molecule has 0 unspecified atom stereocenters. The maximum absolute atomic E-state index is 12.5. The summed E-state index contributed by atoms with van der Waals surface area (Å²) in [6, 6.07) is 0. The molecular weight excluding hydrogens is 654 g/mol. The van der Waals surface area contributed by atoms with Gasteiger partial charge in [-0.15, -0.1) is 0 Å². The van der Waals surface area contributed by atoms with Gasteiger partial charge in [0.25, 0.3) is 0 Å². The van der Waals surface area contributed by atoms with Crippen LogP contribution in [0.25, 0.3) is 0 Å². The molecule has 0 aliphatic carbocycles. The third-order valence-electron chi connectivity index (χ3n) is 9.19. The Labute approximate surface area is 320 Å². The number of carbonyl (C=O) groups is 2. The third-order valence-corrected chi connectivity index (χ3v) is 9.19. The summed E-state index contributed by atoms with van der Waals surface area (Å²) >= 11 is 0. The predicted octanol–water partition coefficient (Wildman–Crippen LogP) is 11.0. The number of carbonyl (C=O) groups excluding carboxylic acids is 2. The number of nitrogens with zero attached hydrogens (tertiary/aromatic N) is 1. The number of esters is 2. The smallest absolute Gasteiger partial charge is 0.305 e. The van der Waals surface area contributed by atoms with E-state index >= 15 is 0 Å². The van der Waals surface area contributed by atoms with Crippen molar-refractivity contribution in [1.29, 1.82) is 0 Å². The van der Waals surface area contributed by atoms with Gasteiger partial charge in [-0.2, -0.15) is 0 Å². The lowest BCUT2D eigenvalue weighted by molar-refractivity contribution is -0.159. The fourth-order valence-corrected chi connectivity index (χ4v) is 5.98. The second kappa shape index (κ2) is 42.0. The summed E-state index contributed by atoms with van der Waals surface area (Å²) in [7, 11) is 0. The number of hydrogen-bond acceptors (Lipinski definition) is 8. The minimum Gasteiger partial charge on any atom is -0.466 e. The molecule has 0 fully saturated rings. The molecular formula is C44H83NO7. The predicted molar refractivity (Wildman–Crippen MR) is 216 cm³/mol. The molecule has 1 N–H and O–H groups in total. The van der Waals surface area contributed by atoms with E-state index in [1.165, 1.54) is 32.1 Å². The van der Waals surface area contributed by atoms with E-state index in [-0.39, 0.29) is 24.8 Å². The molecule has 0 radical (unpaired) electrons. The van der Waals surface area contributed by atoms with Crippen molar-refractivity contribution in [3.05, 3.63) is 24.3 Å². The number of rotatable bonds is 41. The average Bonchev–Trinajstić information content (AvgIpc) is 3.14. The highest BCUT2D eigenvalue weighted by Gasteiger charge is 2.14. The first-order valence-corrected chi connectivity index (χ1v) is 21.7. The van der Waals surface area contributed by atoms with Gasteiger partial charge in [0.1, 0.15) is 0 Å². The fourth-order valence-electron chi connectivity index (χ4n) is 5.98. The van der Waals surface area contributed by atoms with E-state index in [9.17, 15) is 14.7 Å². The molecule has 0 rings (SSSR count). The fraction of sp³-hybridized carbons (Fsp3) is 0.864. The zero-order valence-electron chi connectivity index (χ0n) is 34.3. The SMILES string of the molecule is CC/C=C\CCCCOC(CCC(=O)OCCCCCN(CCO)CCCCCCCC(=O)OCCCCCCCCC)OCCCC/C=C\CC. The van der Waals surface area contributed by atoms with Gasteiger partial charge < -0.3 is 29.0 Å². The van der Waals surface area contributed by atoms with Crippen LogP contribution in [0.2, 0.25) is 0 Å². The first kappa shape index (κ1) is 50.3. The summed E-state index contributed by atoms with van der Waals surface area (Å²) in [5.41, 5.74) is 0. The van der Waals surface area contributed by atoms with Gasteiger partial charge in [-0.1, -0.05) is 103 Å². The van der Waals surface area contributed by atoms with Gasteiger partial charge in [0.15, 0.2) is 6.29 Å². The molecule has 0 spiro atoms. The highest BCUT2D eigenvalue weighted by atomic mass is 16.7. The van der Waals surface area contributed by atoms with Crippen molar-refractivity contribution in [3.8, 4) is 0 Å². The van der Waals surface area contributed by atoms with Gasteiger partial charge in [-0.25, -0.2) is 0 Å². The molecule has 0 heterocycles. The summed E-state index contributed by atoms with van der Waals surface area (Å²) in [5.74, 6) is -0.235. The number of hydrogen-bond donors (Lipinski definition) is 1. The minimum absolute atomic E-state index is 0.0486. The Morgan fingerprint density at radius 3 is 1.52 bits per heavy atom. The molecule has 0 aromatic heterocycles. The van der Waals surface area contributed by atoms with Gasteiger partial charge >= 0.3 is 11.9 Å². The zero-order chi connectivity index (χ0) is 38.0. The molecule has 52 heavy (non-hydrogen) atoms. The van der Waals surface area contributed by atoms with Crippen molar-refractivity contribution in [2.45, 2.75) is 194 Å². The van der Waals surface area contributed by atoms with Crippen molar-refractivity contribution in [2.24, 2.45) is 0 Å². The van der Waals surface area contributed by atoms with Crippen LogP contribution in [0.15, 0.2) is 24.3 Å². The molecule has 8 heteroatoms. The van der Waals surface area contributed by atoms with E-state index in [0.29, 0.717) is 52.2 Å². The molecule has 0 saturated heterocycles. The molecule has 0 bridgehead atoms. The highest BCUT2D eigenvalue weighted by Crippen LogP contribution is 2.12. The minimum atomic E-state index is -0.365. The van der Waals surface area contributed by atoms with Gasteiger partial charge in [-0.05, 0) is 103 Å². The Balaban J connectivity index is 4.02. The van der Waals surface area contributed by atoms with Crippen LogP contribution in [0.4, 0.5) is 0 Å². The monoisotopic (exact) mass is 738 g/mol. The molecule has 8 nitrogen and oxygen atoms in total. The average molecular weight is 738 g/mol. The van der Waals surface area contributed by atoms with Crippen molar-refractivity contribution in [2.75, 3.05) is 52.7 Å². The summed E-state index contributed by atoms with van der Waals surface area (Å²) in [5, 5.41) is 9.52. The van der Waals surface area contributed by atoms with Crippen LogP contribution in [0.3, 0.4) is 0 Å². The number of allylic oxidation sites excluding steroid dienone is 4. The topological polar surface area (TPSA) is 94.5 Å². The van der Waals surface area contributed by atoms with E-state index in [2.05, 4.69) is 50.0 Å². The van der Waals surface area contributed by atoms with Crippen LogP contribution in [0.1, 0.15) is 188 Å². The van der Waals surface area contributed by atoms with Crippen LogP contribution < -0.4 is 0 Å². The van der Waals surface area contributed by atoms with Crippen molar-refractivity contribution < 1.29 is 33.6 Å². The van der Waals surface area contributed by atoms with Gasteiger partial charge in [0, 0.05) is 32.6 Å². The third kappa shape index (κ3) is 38.0. The second-order valence-corrected chi connectivity index (χ2v) is 14.2. The van der Waals surface area contributed by atoms with Crippen LogP contribution in [0, 0.1) is 0 Å². The molecule has 0 aromatic rings. The summed E-state index contributed by atoms with van der Waals surface area (Å²) in [6.45, 7) is 11.6. The molecule has 0 amide bonds. The first-order chi connectivity index (χ1) is 25.6. The van der Waals surface area contributed by atoms with Crippen molar-refractivity contribution >= 4 is 11.9 Å². The summed E-state index contributed by atoms with van der Waals surface area (Å²) in [6.07, 6.45) is 35.0. The van der Waals surface area contributed by atoms with E-state index in [0.717, 1.165) is 129 Å². The van der Waals surface area contributed by atoms with E-state index in [4.69, 9.17) is 18.9 Å².